The topological polar surface area (TPSA) is 95.5 Å². The molecule has 0 aromatic heterocycles. The van der Waals surface area contributed by atoms with Gasteiger partial charge in [0.15, 0.2) is 0 Å². The van der Waals surface area contributed by atoms with E-state index in [0.717, 1.165) is 27.8 Å². The Morgan fingerprint density at radius 3 is 2.31 bits per heavy atom. The van der Waals surface area contributed by atoms with Crippen molar-refractivity contribution in [2.24, 2.45) is 0 Å². The van der Waals surface area contributed by atoms with Crippen LogP contribution in [0.1, 0.15) is 25.0 Å². The van der Waals surface area contributed by atoms with Gasteiger partial charge in [0.1, 0.15) is 0 Å². The summed E-state index contributed by atoms with van der Waals surface area (Å²) in [6, 6.07) is 12.9. The van der Waals surface area contributed by atoms with Crippen molar-refractivity contribution in [3.05, 3.63) is 65.2 Å². The summed E-state index contributed by atoms with van der Waals surface area (Å²) in [7, 11) is 0. The third-order valence-corrected chi connectivity index (χ3v) is 5.25. The lowest BCUT2D eigenvalue weighted by atomic mass is 10.1. The first kappa shape index (κ1) is 22.2. The number of carboxylic acid groups (broad SMARTS) is 1. The van der Waals surface area contributed by atoms with Crippen molar-refractivity contribution in [3.63, 3.8) is 0 Å². The molecule has 0 saturated carbocycles. The molecule has 2 aromatic carbocycles. The number of rotatable bonds is 7. The Hall–Kier alpha value is -3.06. The first-order valence-electron chi connectivity index (χ1n) is 9.03. The number of benzene rings is 2. The third-order valence-electron chi connectivity index (χ3n) is 4.14. The molecular formula is C22H24N2O4S. The quantitative estimate of drug-likeness (QED) is 0.463. The predicted octanol–water partition coefficient (Wildman–Crippen LogP) is 4.39. The van der Waals surface area contributed by atoms with E-state index in [9.17, 15) is 14.4 Å². The van der Waals surface area contributed by atoms with Gasteiger partial charge in [-0.25, -0.2) is 4.79 Å². The van der Waals surface area contributed by atoms with Crippen LogP contribution in [0.3, 0.4) is 0 Å². The maximum absolute atomic E-state index is 12.5. The van der Waals surface area contributed by atoms with Crippen LogP contribution in [0.5, 0.6) is 0 Å². The van der Waals surface area contributed by atoms with E-state index in [1.165, 1.54) is 18.7 Å². The van der Waals surface area contributed by atoms with Crippen LogP contribution in [-0.4, -0.2) is 28.1 Å². The molecule has 0 spiro atoms. The van der Waals surface area contributed by atoms with Gasteiger partial charge >= 0.3 is 5.97 Å². The number of aliphatic carboxylic acids is 1. The summed E-state index contributed by atoms with van der Waals surface area (Å²) in [6.45, 7) is 7.12. The second kappa shape index (κ2) is 9.93. The van der Waals surface area contributed by atoms with E-state index >= 15 is 0 Å². The summed E-state index contributed by atoms with van der Waals surface area (Å²) in [6.07, 6.45) is 1.03. The van der Waals surface area contributed by atoms with Crippen molar-refractivity contribution >= 4 is 40.9 Å². The van der Waals surface area contributed by atoms with Crippen molar-refractivity contribution < 1.29 is 19.5 Å². The number of carbonyl (C=O) groups is 3. The molecule has 6 nitrogen and oxygen atoms in total. The normalized spacial score (nSPS) is 12.2. The minimum atomic E-state index is -1.14. The Balaban J connectivity index is 1.95. The van der Waals surface area contributed by atoms with Crippen LogP contribution in [0, 0.1) is 13.8 Å². The van der Waals surface area contributed by atoms with Crippen LogP contribution < -0.4 is 10.6 Å². The van der Waals surface area contributed by atoms with Gasteiger partial charge in [-0.3, -0.25) is 9.59 Å². The molecule has 0 radical (unpaired) electrons. The summed E-state index contributed by atoms with van der Waals surface area (Å²) in [4.78, 5) is 35.9. The monoisotopic (exact) mass is 412 g/mol. The fraction of sp³-hybridized carbons (Fsp3) is 0.227. The SMILES string of the molecule is C/C(=C\C(=O)Nc1ccc(S[C@H](C)C(=O)Nc2cc(C)ccc2C)cc1)C(=O)O. The summed E-state index contributed by atoms with van der Waals surface area (Å²) in [5, 5.41) is 14.1. The van der Waals surface area contributed by atoms with Gasteiger partial charge in [0.2, 0.25) is 11.8 Å². The van der Waals surface area contributed by atoms with Crippen LogP contribution in [0.2, 0.25) is 0 Å². The highest BCUT2D eigenvalue weighted by molar-refractivity contribution is 8.00. The van der Waals surface area contributed by atoms with Crippen molar-refractivity contribution in [2.45, 2.75) is 37.8 Å². The Morgan fingerprint density at radius 2 is 1.69 bits per heavy atom. The van der Waals surface area contributed by atoms with Crippen LogP contribution >= 0.6 is 11.8 Å². The van der Waals surface area contributed by atoms with Gasteiger partial charge in [0.25, 0.3) is 0 Å². The standard InChI is InChI=1S/C22H24N2O4S/c1-13-5-6-14(2)19(11-13)24-21(26)16(4)29-18-9-7-17(8-10-18)23-20(25)12-15(3)22(27)28/h5-12,16H,1-4H3,(H,23,25)(H,24,26)(H,27,28)/b15-12+/t16-/m1/s1. The van der Waals surface area contributed by atoms with Gasteiger partial charge in [0.05, 0.1) is 5.25 Å². The molecule has 7 heteroatoms. The third kappa shape index (κ3) is 6.80. The minimum Gasteiger partial charge on any atom is -0.478 e. The first-order valence-corrected chi connectivity index (χ1v) is 9.91. The number of amides is 2. The largest absolute Gasteiger partial charge is 0.478 e. The molecule has 2 rings (SSSR count). The molecule has 0 aliphatic heterocycles. The average Bonchev–Trinajstić information content (AvgIpc) is 2.66. The number of thioether (sulfide) groups is 1. The number of carboxylic acids is 1. The van der Waals surface area contributed by atoms with Gasteiger partial charge in [-0.15, -0.1) is 11.8 Å². The minimum absolute atomic E-state index is 0.0432. The molecule has 0 unspecified atom stereocenters. The van der Waals surface area contributed by atoms with E-state index in [2.05, 4.69) is 10.6 Å². The summed E-state index contributed by atoms with van der Waals surface area (Å²) in [5.74, 6) is -1.73. The van der Waals surface area contributed by atoms with Crippen LogP contribution in [-0.2, 0) is 14.4 Å². The summed E-state index contributed by atoms with van der Waals surface area (Å²) >= 11 is 1.41. The van der Waals surface area contributed by atoms with Crippen molar-refractivity contribution in [2.75, 3.05) is 10.6 Å². The highest BCUT2D eigenvalue weighted by Crippen LogP contribution is 2.26. The number of hydrogen-bond acceptors (Lipinski definition) is 4. The summed E-state index contributed by atoms with van der Waals surface area (Å²) in [5.41, 5.74) is 3.40. The fourth-order valence-electron chi connectivity index (χ4n) is 2.42. The number of anilines is 2. The van der Waals surface area contributed by atoms with E-state index in [1.54, 1.807) is 24.3 Å². The Labute approximate surface area is 174 Å². The Bertz CT molecular complexity index is 952. The maximum Gasteiger partial charge on any atom is 0.331 e. The van der Waals surface area contributed by atoms with Crippen LogP contribution in [0.15, 0.2) is 59.0 Å². The van der Waals surface area contributed by atoms with Crippen molar-refractivity contribution in [1.82, 2.24) is 0 Å². The molecule has 0 saturated heterocycles. The lowest BCUT2D eigenvalue weighted by molar-refractivity contribution is -0.132. The predicted molar refractivity (Wildman–Crippen MR) is 116 cm³/mol. The number of nitrogens with one attached hydrogen (secondary N) is 2. The van der Waals surface area contributed by atoms with Gasteiger partial charge in [-0.2, -0.15) is 0 Å². The second-order valence-electron chi connectivity index (χ2n) is 6.71. The highest BCUT2D eigenvalue weighted by Gasteiger charge is 2.15. The zero-order valence-corrected chi connectivity index (χ0v) is 17.6. The molecule has 3 N–H and O–H groups in total. The van der Waals surface area contributed by atoms with Crippen LogP contribution in [0.4, 0.5) is 11.4 Å². The lowest BCUT2D eigenvalue weighted by Gasteiger charge is -2.14. The van der Waals surface area contributed by atoms with E-state index in [-0.39, 0.29) is 16.7 Å². The van der Waals surface area contributed by atoms with Gasteiger partial charge in [0, 0.05) is 27.9 Å². The molecule has 0 bridgehead atoms. The zero-order valence-electron chi connectivity index (χ0n) is 16.8. The zero-order chi connectivity index (χ0) is 21.6. The molecular weight excluding hydrogens is 388 g/mol. The van der Waals surface area contributed by atoms with Gasteiger partial charge in [-0.1, -0.05) is 12.1 Å². The van der Waals surface area contributed by atoms with Gasteiger partial charge in [-0.05, 0) is 69.2 Å². The number of aryl methyl sites for hydroxylation is 2. The van der Waals surface area contributed by atoms with E-state index in [0.29, 0.717) is 5.69 Å². The number of carbonyl (C=O) groups excluding carboxylic acids is 2. The molecule has 2 aromatic rings. The van der Waals surface area contributed by atoms with Gasteiger partial charge < -0.3 is 15.7 Å². The Morgan fingerprint density at radius 1 is 1.03 bits per heavy atom. The molecule has 0 fully saturated rings. The molecule has 152 valence electrons. The molecule has 2 amide bonds. The van der Waals surface area contributed by atoms with Crippen molar-refractivity contribution in [3.8, 4) is 0 Å². The molecule has 0 heterocycles. The van der Waals surface area contributed by atoms with Crippen molar-refractivity contribution in [1.29, 1.82) is 0 Å². The number of hydrogen-bond donors (Lipinski definition) is 3. The summed E-state index contributed by atoms with van der Waals surface area (Å²) < 4.78 is 0. The average molecular weight is 413 g/mol. The fourth-order valence-corrected chi connectivity index (χ4v) is 3.28. The first-order chi connectivity index (χ1) is 13.7. The Kier molecular flexibility index (Phi) is 7.61. The van der Waals surface area contributed by atoms with E-state index in [4.69, 9.17) is 5.11 Å². The van der Waals surface area contributed by atoms with E-state index in [1.807, 2.05) is 39.0 Å². The molecule has 1 atom stereocenters. The van der Waals surface area contributed by atoms with Crippen LogP contribution in [0.25, 0.3) is 0 Å². The maximum atomic E-state index is 12.5. The van der Waals surface area contributed by atoms with E-state index < -0.39 is 11.9 Å². The molecule has 29 heavy (non-hydrogen) atoms. The second-order valence-corrected chi connectivity index (χ2v) is 8.13. The molecule has 0 aliphatic rings. The lowest BCUT2D eigenvalue weighted by Crippen LogP contribution is -2.22. The highest BCUT2D eigenvalue weighted by atomic mass is 32.2. The molecule has 0 aliphatic carbocycles. The smallest absolute Gasteiger partial charge is 0.331 e.